The fourth-order valence-corrected chi connectivity index (χ4v) is 4.77. The van der Waals surface area contributed by atoms with Gasteiger partial charge in [0.25, 0.3) is 0 Å². The van der Waals surface area contributed by atoms with Gasteiger partial charge in [-0.2, -0.15) is 0 Å². The summed E-state index contributed by atoms with van der Waals surface area (Å²) in [7, 11) is 0. The van der Waals surface area contributed by atoms with Crippen LogP contribution in [0.2, 0.25) is 5.02 Å². The molecule has 1 amide bonds. The van der Waals surface area contributed by atoms with E-state index in [1.807, 2.05) is 32.0 Å². The molecule has 3 N–H and O–H groups in total. The monoisotopic (exact) mass is 503 g/mol. The van der Waals surface area contributed by atoms with Gasteiger partial charge in [0, 0.05) is 35.4 Å². The smallest absolute Gasteiger partial charge is 0.341 e. The highest BCUT2D eigenvalue weighted by Crippen LogP contribution is 2.47. The van der Waals surface area contributed by atoms with Gasteiger partial charge in [0.1, 0.15) is 5.75 Å². The number of nitrogens with one attached hydrogen (secondary N) is 1. The maximum Gasteiger partial charge on any atom is 0.341 e. The molecule has 3 rings (SSSR count). The van der Waals surface area contributed by atoms with Crippen LogP contribution >= 0.6 is 11.6 Å². The average molecular weight is 504 g/mol. The Morgan fingerprint density at radius 3 is 2.46 bits per heavy atom. The Hall–Kier alpha value is -2.61. The number of aliphatic carboxylic acids is 1. The molecule has 1 saturated heterocycles. The largest absolute Gasteiger partial charge is 0.482 e. The molecule has 3 atom stereocenters. The van der Waals surface area contributed by atoms with E-state index in [0.29, 0.717) is 23.6 Å². The molecule has 1 fully saturated rings. The van der Waals surface area contributed by atoms with Crippen molar-refractivity contribution in [2.45, 2.75) is 70.6 Å². The van der Waals surface area contributed by atoms with E-state index in [2.05, 4.69) is 25.2 Å². The van der Waals surface area contributed by atoms with E-state index in [9.17, 15) is 19.8 Å². The minimum absolute atomic E-state index is 0.0157. The molecule has 35 heavy (non-hydrogen) atoms. The van der Waals surface area contributed by atoms with Crippen molar-refractivity contribution < 1.29 is 29.3 Å². The summed E-state index contributed by atoms with van der Waals surface area (Å²) in [6.45, 7) is 7.37. The molecule has 0 unspecified atom stereocenters. The predicted molar refractivity (Wildman–Crippen MR) is 134 cm³/mol. The van der Waals surface area contributed by atoms with Crippen LogP contribution in [0.3, 0.4) is 0 Å². The maximum atomic E-state index is 12.5. The first-order valence-corrected chi connectivity index (χ1v) is 12.2. The number of carbonyl (C=O) groups excluding carboxylic acids is 1. The van der Waals surface area contributed by atoms with Crippen molar-refractivity contribution in [1.29, 1.82) is 0 Å². The third-order valence-electron chi connectivity index (χ3n) is 6.33. The van der Waals surface area contributed by atoms with Crippen LogP contribution in [-0.2, 0) is 14.3 Å². The van der Waals surface area contributed by atoms with Crippen LogP contribution < -0.4 is 10.1 Å². The molecule has 0 saturated carbocycles. The summed E-state index contributed by atoms with van der Waals surface area (Å²) in [5.74, 6) is -0.595. The Labute approximate surface area is 211 Å². The van der Waals surface area contributed by atoms with Crippen molar-refractivity contribution in [3.05, 3.63) is 63.7 Å². The van der Waals surface area contributed by atoms with Crippen LogP contribution in [0.1, 0.15) is 80.4 Å². The zero-order valence-electron chi connectivity index (χ0n) is 20.6. The number of halogens is 1. The molecular formula is C27H34ClNO6. The SMILES string of the molecule is Cc1cc(C(C)C)cc(OCC(=O)O)c1[C@H]1C[C@@](C)(NC(=O)CCO)C[C@@H](c2ccc(Cl)cc2)O1. The molecule has 7 nitrogen and oxygen atoms in total. The summed E-state index contributed by atoms with van der Waals surface area (Å²) in [5, 5.41) is 22.2. The van der Waals surface area contributed by atoms with Gasteiger partial charge in [-0.15, -0.1) is 0 Å². The molecule has 0 bridgehead atoms. The number of amides is 1. The molecule has 1 aliphatic heterocycles. The van der Waals surface area contributed by atoms with Crippen LogP contribution in [0.5, 0.6) is 5.75 Å². The Morgan fingerprint density at radius 1 is 1.20 bits per heavy atom. The standard InChI is InChI=1S/C27H34ClNO6/c1-16(2)19-11-17(3)26(21(12-19)34-15-25(32)33)23-14-27(4,29-24(31)9-10-30)13-22(35-23)18-5-7-20(28)8-6-18/h5-8,11-12,16,22-23,30H,9-10,13-15H2,1-4H3,(H,29,31)(H,32,33)/t22-,23+,27-/m0/s1. The lowest BCUT2D eigenvalue weighted by Crippen LogP contribution is -2.51. The summed E-state index contributed by atoms with van der Waals surface area (Å²) < 4.78 is 12.3. The van der Waals surface area contributed by atoms with Gasteiger partial charge in [-0.3, -0.25) is 4.79 Å². The van der Waals surface area contributed by atoms with Crippen LogP contribution in [0.4, 0.5) is 0 Å². The highest BCUT2D eigenvalue weighted by molar-refractivity contribution is 6.30. The number of carbonyl (C=O) groups is 2. The Morgan fingerprint density at radius 2 is 1.86 bits per heavy atom. The number of carboxylic acids is 1. The quantitative estimate of drug-likeness (QED) is 0.440. The van der Waals surface area contributed by atoms with E-state index in [1.165, 1.54) is 0 Å². The number of ether oxygens (including phenoxy) is 2. The second-order valence-electron chi connectivity index (χ2n) is 9.74. The molecule has 190 valence electrons. The summed E-state index contributed by atoms with van der Waals surface area (Å²) >= 11 is 6.09. The molecule has 1 aliphatic rings. The number of rotatable bonds is 9. The van der Waals surface area contributed by atoms with Gasteiger partial charge < -0.3 is 25.0 Å². The van der Waals surface area contributed by atoms with E-state index < -0.39 is 24.2 Å². The van der Waals surface area contributed by atoms with Crippen molar-refractivity contribution in [3.63, 3.8) is 0 Å². The van der Waals surface area contributed by atoms with Crippen molar-refractivity contribution in [2.24, 2.45) is 0 Å². The van der Waals surface area contributed by atoms with Gasteiger partial charge in [-0.1, -0.05) is 43.6 Å². The minimum atomic E-state index is -1.06. The first-order valence-electron chi connectivity index (χ1n) is 11.8. The molecule has 2 aromatic carbocycles. The van der Waals surface area contributed by atoms with Crippen LogP contribution in [-0.4, -0.2) is 40.8 Å². The van der Waals surface area contributed by atoms with E-state index in [-0.39, 0.29) is 31.0 Å². The van der Waals surface area contributed by atoms with Crippen molar-refractivity contribution >= 4 is 23.5 Å². The first-order chi connectivity index (χ1) is 16.5. The Bertz CT molecular complexity index is 1050. The number of hydrogen-bond acceptors (Lipinski definition) is 5. The van der Waals surface area contributed by atoms with Crippen molar-refractivity contribution in [3.8, 4) is 5.75 Å². The van der Waals surface area contributed by atoms with Crippen LogP contribution in [0, 0.1) is 6.92 Å². The van der Waals surface area contributed by atoms with Crippen LogP contribution in [0.15, 0.2) is 36.4 Å². The third-order valence-corrected chi connectivity index (χ3v) is 6.59. The normalized spacial score (nSPS) is 22.1. The number of carboxylic acid groups (broad SMARTS) is 1. The number of hydrogen-bond donors (Lipinski definition) is 3. The van der Waals surface area contributed by atoms with E-state index in [1.54, 1.807) is 12.1 Å². The Kier molecular flexibility index (Phi) is 8.80. The van der Waals surface area contributed by atoms with Gasteiger partial charge in [0.05, 0.1) is 18.8 Å². The molecular weight excluding hydrogens is 470 g/mol. The average Bonchev–Trinajstić information content (AvgIpc) is 2.77. The van der Waals surface area contributed by atoms with Gasteiger partial charge in [-0.05, 0) is 54.7 Å². The molecule has 1 heterocycles. The fourth-order valence-electron chi connectivity index (χ4n) is 4.64. The lowest BCUT2D eigenvalue weighted by atomic mass is 9.80. The summed E-state index contributed by atoms with van der Waals surface area (Å²) in [5.41, 5.74) is 3.04. The third kappa shape index (κ3) is 6.97. The zero-order valence-corrected chi connectivity index (χ0v) is 21.4. The van der Waals surface area contributed by atoms with E-state index in [4.69, 9.17) is 21.1 Å². The lowest BCUT2D eigenvalue weighted by molar-refractivity contribution is -0.139. The number of aliphatic hydroxyl groups is 1. The second kappa shape index (κ2) is 11.4. The number of aliphatic hydroxyl groups excluding tert-OH is 1. The molecule has 0 aliphatic carbocycles. The molecule has 8 heteroatoms. The van der Waals surface area contributed by atoms with Gasteiger partial charge in [0.2, 0.25) is 5.91 Å². The van der Waals surface area contributed by atoms with Crippen LogP contribution in [0.25, 0.3) is 0 Å². The highest BCUT2D eigenvalue weighted by Gasteiger charge is 2.41. The lowest BCUT2D eigenvalue weighted by Gasteiger charge is -2.44. The Balaban J connectivity index is 2.05. The number of benzene rings is 2. The van der Waals surface area contributed by atoms with Gasteiger partial charge in [0.15, 0.2) is 6.61 Å². The zero-order chi connectivity index (χ0) is 25.8. The number of aryl methyl sites for hydroxylation is 1. The summed E-state index contributed by atoms with van der Waals surface area (Å²) in [4.78, 5) is 23.7. The van der Waals surface area contributed by atoms with Crippen molar-refractivity contribution in [2.75, 3.05) is 13.2 Å². The second-order valence-corrected chi connectivity index (χ2v) is 10.2. The van der Waals surface area contributed by atoms with E-state index in [0.717, 1.165) is 22.3 Å². The summed E-state index contributed by atoms with van der Waals surface area (Å²) in [6.07, 6.45) is 0.189. The van der Waals surface area contributed by atoms with Gasteiger partial charge in [-0.25, -0.2) is 4.79 Å². The van der Waals surface area contributed by atoms with E-state index >= 15 is 0 Å². The maximum absolute atomic E-state index is 12.5. The van der Waals surface area contributed by atoms with Gasteiger partial charge >= 0.3 is 5.97 Å². The fraction of sp³-hybridized carbons (Fsp3) is 0.481. The molecule has 0 radical (unpaired) electrons. The molecule has 2 aromatic rings. The molecule has 0 aromatic heterocycles. The molecule has 0 spiro atoms. The predicted octanol–water partition coefficient (Wildman–Crippen LogP) is 5.09. The minimum Gasteiger partial charge on any atom is -0.482 e. The van der Waals surface area contributed by atoms with Crippen molar-refractivity contribution in [1.82, 2.24) is 5.32 Å². The summed E-state index contributed by atoms with van der Waals surface area (Å²) in [6, 6.07) is 11.4. The first kappa shape index (κ1) is 27.0. The topological polar surface area (TPSA) is 105 Å². The highest BCUT2D eigenvalue weighted by atomic mass is 35.5.